The van der Waals surface area contributed by atoms with E-state index in [0.717, 1.165) is 16.3 Å². The molecule has 0 saturated carbocycles. The van der Waals surface area contributed by atoms with Crippen LogP contribution in [0.3, 0.4) is 0 Å². The maximum atomic E-state index is 11.8. The Morgan fingerprint density at radius 3 is 2.96 bits per heavy atom. The summed E-state index contributed by atoms with van der Waals surface area (Å²) >= 11 is 1.48. The zero-order chi connectivity index (χ0) is 16.2. The van der Waals surface area contributed by atoms with Crippen molar-refractivity contribution in [1.82, 2.24) is 10.1 Å². The topological polar surface area (TPSA) is 74.5 Å². The second-order valence-corrected chi connectivity index (χ2v) is 5.64. The SMILES string of the molecule is COc1cccc(-c2nc(COC(=O)c3cc(C)no3)cs2)c1. The number of benzene rings is 1. The Kier molecular flexibility index (Phi) is 4.38. The highest BCUT2D eigenvalue weighted by Crippen LogP contribution is 2.27. The van der Waals surface area contributed by atoms with Crippen molar-refractivity contribution >= 4 is 17.3 Å². The number of nitrogens with zero attached hydrogens (tertiary/aromatic N) is 2. The van der Waals surface area contributed by atoms with Gasteiger partial charge in [-0.25, -0.2) is 9.78 Å². The molecule has 2 aromatic heterocycles. The number of methoxy groups -OCH3 is 1. The van der Waals surface area contributed by atoms with Gasteiger partial charge in [0.15, 0.2) is 0 Å². The largest absolute Gasteiger partial charge is 0.497 e. The summed E-state index contributed by atoms with van der Waals surface area (Å²) in [5.74, 6) is 0.304. The van der Waals surface area contributed by atoms with Crippen LogP contribution in [0, 0.1) is 6.92 Å². The van der Waals surface area contributed by atoms with E-state index in [4.69, 9.17) is 14.0 Å². The highest BCUT2D eigenvalue weighted by atomic mass is 32.1. The van der Waals surface area contributed by atoms with Crippen LogP contribution >= 0.6 is 11.3 Å². The fraction of sp³-hybridized carbons (Fsp3) is 0.188. The third-order valence-corrected chi connectivity index (χ3v) is 3.99. The highest BCUT2D eigenvalue weighted by molar-refractivity contribution is 7.13. The molecule has 3 aromatic rings. The summed E-state index contributed by atoms with van der Waals surface area (Å²) in [6.45, 7) is 1.82. The second-order valence-electron chi connectivity index (χ2n) is 4.78. The van der Waals surface area contributed by atoms with Crippen LogP contribution in [0.1, 0.15) is 21.9 Å². The van der Waals surface area contributed by atoms with Crippen LogP contribution in [-0.4, -0.2) is 23.2 Å². The van der Waals surface area contributed by atoms with E-state index in [2.05, 4.69) is 10.1 Å². The number of carbonyl (C=O) groups excluding carboxylic acids is 1. The molecule has 7 heteroatoms. The van der Waals surface area contributed by atoms with Gasteiger partial charge >= 0.3 is 5.97 Å². The summed E-state index contributed by atoms with van der Waals surface area (Å²) in [4.78, 5) is 16.3. The Labute approximate surface area is 136 Å². The molecule has 0 aliphatic heterocycles. The Bertz CT molecular complexity index is 825. The molecule has 0 atom stereocenters. The lowest BCUT2D eigenvalue weighted by atomic mass is 10.2. The van der Waals surface area contributed by atoms with Crippen molar-refractivity contribution in [3.8, 4) is 16.3 Å². The number of hydrogen-bond donors (Lipinski definition) is 0. The molecule has 0 spiro atoms. The smallest absolute Gasteiger partial charge is 0.377 e. The highest BCUT2D eigenvalue weighted by Gasteiger charge is 2.14. The Hall–Kier alpha value is -2.67. The van der Waals surface area contributed by atoms with Crippen LogP contribution in [0.15, 0.2) is 40.2 Å². The minimum Gasteiger partial charge on any atom is -0.497 e. The summed E-state index contributed by atoms with van der Waals surface area (Å²) < 4.78 is 15.2. The maximum Gasteiger partial charge on any atom is 0.377 e. The van der Waals surface area contributed by atoms with Crippen molar-refractivity contribution in [3.05, 3.63) is 52.9 Å². The number of aromatic nitrogens is 2. The molecule has 0 N–H and O–H groups in total. The van der Waals surface area contributed by atoms with Crippen LogP contribution in [0.25, 0.3) is 10.6 Å². The third-order valence-electron chi connectivity index (χ3n) is 3.05. The van der Waals surface area contributed by atoms with Gasteiger partial charge in [0.2, 0.25) is 5.76 Å². The van der Waals surface area contributed by atoms with Gasteiger partial charge in [-0.15, -0.1) is 11.3 Å². The van der Waals surface area contributed by atoms with Gasteiger partial charge in [0.1, 0.15) is 17.4 Å². The third kappa shape index (κ3) is 3.57. The molecule has 23 heavy (non-hydrogen) atoms. The fourth-order valence-electron chi connectivity index (χ4n) is 1.93. The molecule has 0 bridgehead atoms. The minimum atomic E-state index is -0.554. The van der Waals surface area contributed by atoms with Crippen molar-refractivity contribution in [2.75, 3.05) is 7.11 Å². The van der Waals surface area contributed by atoms with Gasteiger partial charge in [0.05, 0.1) is 18.5 Å². The summed E-state index contributed by atoms with van der Waals surface area (Å²) in [6.07, 6.45) is 0. The van der Waals surface area contributed by atoms with Crippen molar-refractivity contribution in [2.24, 2.45) is 0 Å². The van der Waals surface area contributed by atoms with E-state index >= 15 is 0 Å². The Balaban J connectivity index is 1.66. The van der Waals surface area contributed by atoms with Crippen LogP contribution in [-0.2, 0) is 11.3 Å². The quantitative estimate of drug-likeness (QED) is 0.667. The number of esters is 1. The zero-order valence-corrected chi connectivity index (χ0v) is 13.4. The number of ether oxygens (including phenoxy) is 2. The average Bonchev–Trinajstić information content (AvgIpc) is 3.22. The van der Waals surface area contributed by atoms with Gasteiger partial charge in [-0.05, 0) is 19.1 Å². The molecule has 0 saturated heterocycles. The lowest BCUT2D eigenvalue weighted by Crippen LogP contribution is -2.04. The van der Waals surface area contributed by atoms with Crippen LogP contribution in [0.5, 0.6) is 5.75 Å². The molecule has 118 valence electrons. The predicted octanol–water partition coefficient (Wildman–Crippen LogP) is 3.47. The summed E-state index contributed by atoms with van der Waals surface area (Å²) in [5, 5.41) is 6.34. The predicted molar refractivity (Wildman–Crippen MR) is 84.5 cm³/mol. The van der Waals surface area contributed by atoms with Crippen LogP contribution < -0.4 is 4.74 Å². The zero-order valence-electron chi connectivity index (χ0n) is 12.6. The molecule has 0 unspecified atom stereocenters. The molecule has 1 aromatic carbocycles. The molecule has 2 heterocycles. The second kappa shape index (κ2) is 6.62. The van der Waals surface area contributed by atoms with E-state index in [-0.39, 0.29) is 12.4 Å². The molecule has 0 amide bonds. The monoisotopic (exact) mass is 330 g/mol. The van der Waals surface area contributed by atoms with Crippen molar-refractivity contribution in [3.63, 3.8) is 0 Å². The lowest BCUT2D eigenvalue weighted by Gasteiger charge is -2.01. The number of rotatable bonds is 5. The van der Waals surface area contributed by atoms with E-state index < -0.39 is 5.97 Å². The number of aryl methyl sites for hydroxylation is 1. The summed E-state index contributed by atoms with van der Waals surface area (Å²) in [5.41, 5.74) is 2.26. The number of carbonyl (C=O) groups is 1. The van der Waals surface area contributed by atoms with E-state index in [1.807, 2.05) is 29.6 Å². The van der Waals surface area contributed by atoms with Gasteiger partial charge in [-0.2, -0.15) is 0 Å². The molecule has 0 fully saturated rings. The molecule has 6 nitrogen and oxygen atoms in total. The fourth-order valence-corrected chi connectivity index (χ4v) is 2.73. The molecule has 0 aliphatic rings. The van der Waals surface area contributed by atoms with Gasteiger partial charge in [-0.3, -0.25) is 0 Å². The molecular weight excluding hydrogens is 316 g/mol. The molecule has 3 rings (SSSR count). The van der Waals surface area contributed by atoms with Gasteiger partial charge in [0.25, 0.3) is 0 Å². The lowest BCUT2D eigenvalue weighted by molar-refractivity contribution is 0.0421. The Morgan fingerprint density at radius 1 is 1.35 bits per heavy atom. The average molecular weight is 330 g/mol. The first kappa shape index (κ1) is 15.2. The number of thiazole rings is 1. The standard InChI is InChI=1S/C16H14N2O4S/c1-10-6-14(22-18-10)16(19)21-8-12-9-23-15(17-12)11-4-3-5-13(7-11)20-2/h3-7,9H,8H2,1-2H3. The van der Waals surface area contributed by atoms with E-state index in [0.29, 0.717) is 11.4 Å². The normalized spacial score (nSPS) is 10.5. The first-order valence-electron chi connectivity index (χ1n) is 6.85. The van der Waals surface area contributed by atoms with E-state index in [1.165, 1.54) is 17.4 Å². The van der Waals surface area contributed by atoms with Gasteiger partial charge < -0.3 is 14.0 Å². The Morgan fingerprint density at radius 2 is 2.22 bits per heavy atom. The van der Waals surface area contributed by atoms with E-state index in [1.54, 1.807) is 14.0 Å². The minimum absolute atomic E-state index is 0.0824. The molecule has 0 radical (unpaired) electrons. The number of hydrogen-bond acceptors (Lipinski definition) is 7. The molecule has 0 aliphatic carbocycles. The van der Waals surface area contributed by atoms with Gasteiger partial charge in [-0.1, -0.05) is 17.3 Å². The van der Waals surface area contributed by atoms with Crippen molar-refractivity contribution in [2.45, 2.75) is 13.5 Å². The summed E-state index contributed by atoms with van der Waals surface area (Å²) in [7, 11) is 1.62. The maximum absolute atomic E-state index is 11.8. The van der Waals surface area contributed by atoms with Gasteiger partial charge in [0, 0.05) is 17.0 Å². The first-order valence-corrected chi connectivity index (χ1v) is 7.73. The van der Waals surface area contributed by atoms with Crippen LogP contribution in [0.4, 0.5) is 0 Å². The first-order chi connectivity index (χ1) is 11.2. The van der Waals surface area contributed by atoms with Crippen molar-refractivity contribution in [1.29, 1.82) is 0 Å². The van der Waals surface area contributed by atoms with E-state index in [9.17, 15) is 4.79 Å². The van der Waals surface area contributed by atoms with Crippen molar-refractivity contribution < 1.29 is 18.8 Å². The molecular formula is C16H14N2O4S. The van der Waals surface area contributed by atoms with Crippen LogP contribution in [0.2, 0.25) is 0 Å². The summed E-state index contributed by atoms with van der Waals surface area (Å²) in [6, 6.07) is 9.17.